The van der Waals surface area contributed by atoms with E-state index in [2.05, 4.69) is 137 Å². The molecule has 0 bridgehead atoms. The van der Waals surface area contributed by atoms with Gasteiger partial charge in [-0.1, -0.05) is 78.9 Å². The van der Waals surface area contributed by atoms with Crippen LogP contribution in [0.3, 0.4) is 0 Å². The van der Waals surface area contributed by atoms with Crippen molar-refractivity contribution >= 4 is 43.6 Å². The van der Waals surface area contributed by atoms with E-state index in [1.165, 1.54) is 10.8 Å². The number of benzene rings is 7. The zero-order chi connectivity index (χ0) is 32.2. The van der Waals surface area contributed by atoms with E-state index in [-0.39, 0.29) is 0 Å². The van der Waals surface area contributed by atoms with Gasteiger partial charge in [0.1, 0.15) is 0 Å². The Morgan fingerprint density at radius 2 is 0.979 bits per heavy atom. The molecule has 0 radical (unpaired) electrons. The Hall–Kier alpha value is -6.88. The van der Waals surface area contributed by atoms with Crippen LogP contribution >= 0.6 is 0 Å². The van der Waals surface area contributed by atoms with Gasteiger partial charge in [-0.15, -0.1) is 0 Å². The lowest BCUT2D eigenvalue weighted by Crippen LogP contribution is -1.97. The molecule has 7 aromatic carbocycles. The van der Waals surface area contributed by atoms with Crippen LogP contribution in [0.5, 0.6) is 0 Å². The van der Waals surface area contributed by atoms with E-state index in [4.69, 9.17) is 0 Å². The van der Waals surface area contributed by atoms with Crippen LogP contribution in [0.25, 0.3) is 77.2 Å². The maximum Gasteiger partial charge on any atom is 0.0998 e. The van der Waals surface area contributed by atoms with E-state index in [1.54, 1.807) is 12.1 Å². The summed E-state index contributed by atoms with van der Waals surface area (Å²) in [6, 6.07) is 59.0. The van der Waals surface area contributed by atoms with Crippen molar-refractivity contribution in [2.75, 3.05) is 0 Å². The molecule has 0 amide bonds. The van der Waals surface area contributed by atoms with Crippen molar-refractivity contribution < 1.29 is 0 Å². The third-order valence-electron chi connectivity index (χ3n) is 9.36. The SMILES string of the molecule is N#Cc1ccc(C#N)c(-c2cc(-c3ccc4c(c3)c3ccccc3n4-c3ccccc3)cc3c4ccccc4n(-c4ccccc4)c23)c1. The minimum Gasteiger partial charge on any atom is -0.309 e. The maximum absolute atomic E-state index is 10.3. The summed E-state index contributed by atoms with van der Waals surface area (Å²) in [5, 5.41) is 24.8. The van der Waals surface area contributed by atoms with E-state index in [1.807, 2.05) is 30.3 Å². The number of nitrogens with zero attached hydrogens (tertiary/aromatic N) is 4. The average molecular weight is 611 g/mol. The summed E-state index contributed by atoms with van der Waals surface area (Å²) >= 11 is 0. The fraction of sp³-hybridized carbons (Fsp3) is 0. The molecule has 2 heterocycles. The minimum absolute atomic E-state index is 0.514. The normalized spacial score (nSPS) is 11.3. The lowest BCUT2D eigenvalue weighted by molar-refractivity contribution is 1.18. The van der Waals surface area contributed by atoms with Crippen LogP contribution in [0.2, 0.25) is 0 Å². The van der Waals surface area contributed by atoms with Crippen LogP contribution in [0.1, 0.15) is 11.1 Å². The highest BCUT2D eigenvalue weighted by atomic mass is 15.0. The van der Waals surface area contributed by atoms with Crippen LogP contribution < -0.4 is 0 Å². The molecule has 0 atom stereocenters. The molecule has 48 heavy (non-hydrogen) atoms. The summed E-state index contributed by atoms with van der Waals surface area (Å²) in [6.45, 7) is 0. The van der Waals surface area contributed by atoms with Crippen molar-refractivity contribution in [1.82, 2.24) is 9.13 Å². The minimum atomic E-state index is 0.514. The largest absolute Gasteiger partial charge is 0.309 e. The molecule has 0 unspecified atom stereocenters. The summed E-state index contributed by atoms with van der Waals surface area (Å²) in [7, 11) is 0. The second-order valence-corrected chi connectivity index (χ2v) is 12.0. The number of fused-ring (bicyclic) bond motifs is 6. The molecule has 4 heteroatoms. The smallest absolute Gasteiger partial charge is 0.0998 e. The van der Waals surface area contributed by atoms with Crippen molar-refractivity contribution in [3.63, 3.8) is 0 Å². The lowest BCUT2D eigenvalue weighted by atomic mass is 9.92. The van der Waals surface area contributed by atoms with Gasteiger partial charge in [0.05, 0.1) is 45.3 Å². The predicted molar refractivity (Wildman–Crippen MR) is 195 cm³/mol. The quantitative estimate of drug-likeness (QED) is 0.199. The van der Waals surface area contributed by atoms with Gasteiger partial charge in [-0.25, -0.2) is 0 Å². The first-order valence-electron chi connectivity index (χ1n) is 15.9. The van der Waals surface area contributed by atoms with Gasteiger partial charge in [-0.3, -0.25) is 0 Å². The predicted octanol–water partition coefficient (Wildman–Crippen LogP) is 11.0. The van der Waals surface area contributed by atoms with Crippen molar-refractivity contribution in [3.8, 4) is 45.8 Å². The second-order valence-electron chi connectivity index (χ2n) is 12.0. The second kappa shape index (κ2) is 10.9. The van der Waals surface area contributed by atoms with Gasteiger partial charge in [0.15, 0.2) is 0 Å². The third-order valence-corrected chi connectivity index (χ3v) is 9.36. The molecule has 0 aliphatic heterocycles. The standard InChI is InChI=1S/C44H26N4/c45-27-29-19-20-31(28-46)37(23-29)40-26-32(25-39-36-16-8-10-18-42(36)48(44(39)40)34-13-5-2-6-14-34)30-21-22-43-38(24-30)35-15-7-9-17-41(35)47(43)33-11-3-1-4-12-33/h1-26H. The Kier molecular flexibility index (Phi) is 6.22. The van der Waals surface area contributed by atoms with Crippen molar-refractivity contribution in [3.05, 3.63) is 169 Å². The zero-order valence-corrected chi connectivity index (χ0v) is 25.8. The highest BCUT2D eigenvalue weighted by Crippen LogP contribution is 2.43. The van der Waals surface area contributed by atoms with Gasteiger partial charge in [0.2, 0.25) is 0 Å². The van der Waals surface area contributed by atoms with Gasteiger partial charge in [-0.05, 0) is 90.0 Å². The van der Waals surface area contributed by atoms with Crippen molar-refractivity contribution in [2.24, 2.45) is 0 Å². The summed E-state index contributed by atoms with van der Waals surface area (Å²) in [4.78, 5) is 0. The average Bonchev–Trinajstić information content (AvgIpc) is 3.67. The first-order valence-corrected chi connectivity index (χ1v) is 15.9. The fourth-order valence-corrected chi connectivity index (χ4v) is 7.26. The van der Waals surface area contributed by atoms with E-state index >= 15 is 0 Å². The fourth-order valence-electron chi connectivity index (χ4n) is 7.26. The highest BCUT2D eigenvalue weighted by Gasteiger charge is 2.21. The molecular formula is C44H26N4. The summed E-state index contributed by atoms with van der Waals surface area (Å²) < 4.78 is 4.60. The number of rotatable bonds is 4. The highest BCUT2D eigenvalue weighted by molar-refractivity contribution is 6.16. The maximum atomic E-state index is 10.3. The van der Waals surface area contributed by atoms with Gasteiger partial charge in [0.25, 0.3) is 0 Å². The first kappa shape index (κ1) is 27.4. The molecule has 0 aliphatic carbocycles. The number of nitriles is 2. The lowest BCUT2D eigenvalue weighted by Gasteiger charge is -2.15. The van der Waals surface area contributed by atoms with Crippen LogP contribution in [0.15, 0.2) is 158 Å². The zero-order valence-electron chi connectivity index (χ0n) is 25.8. The van der Waals surface area contributed by atoms with Gasteiger partial charge in [0, 0.05) is 44.0 Å². The molecule has 222 valence electrons. The third kappa shape index (κ3) is 4.14. The Morgan fingerprint density at radius 3 is 1.67 bits per heavy atom. The summed E-state index contributed by atoms with van der Waals surface area (Å²) in [5.74, 6) is 0. The molecule has 4 nitrogen and oxygen atoms in total. The first-order chi connectivity index (χ1) is 23.7. The Bertz CT molecular complexity index is 2790. The molecular weight excluding hydrogens is 585 g/mol. The number of aromatic nitrogens is 2. The Labute approximate surface area is 277 Å². The van der Waals surface area contributed by atoms with Crippen LogP contribution in [-0.4, -0.2) is 9.13 Å². The molecule has 2 aromatic heterocycles. The Balaban J connectivity index is 1.39. The number of para-hydroxylation sites is 4. The van der Waals surface area contributed by atoms with E-state index < -0.39 is 0 Å². The van der Waals surface area contributed by atoms with Crippen molar-refractivity contribution in [2.45, 2.75) is 0 Å². The van der Waals surface area contributed by atoms with Gasteiger partial charge < -0.3 is 9.13 Å². The van der Waals surface area contributed by atoms with E-state index in [9.17, 15) is 10.5 Å². The molecule has 9 rings (SSSR count). The molecule has 0 saturated carbocycles. The van der Waals surface area contributed by atoms with Gasteiger partial charge >= 0.3 is 0 Å². The molecule has 0 fully saturated rings. The van der Waals surface area contributed by atoms with E-state index in [0.29, 0.717) is 11.1 Å². The van der Waals surface area contributed by atoms with Crippen LogP contribution in [-0.2, 0) is 0 Å². The molecule has 0 spiro atoms. The summed E-state index contributed by atoms with van der Waals surface area (Å²) in [6.07, 6.45) is 0. The number of hydrogen-bond donors (Lipinski definition) is 0. The molecule has 0 saturated heterocycles. The van der Waals surface area contributed by atoms with E-state index in [0.717, 1.165) is 66.5 Å². The molecule has 0 aliphatic rings. The van der Waals surface area contributed by atoms with Crippen molar-refractivity contribution in [1.29, 1.82) is 10.5 Å². The molecule has 0 N–H and O–H groups in total. The van der Waals surface area contributed by atoms with Crippen LogP contribution in [0.4, 0.5) is 0 Å². The number of hydrogen-bond acceptors (Lipinski definition) is 2. The van der Waals surface area contributed by atoms with Gasteiger partial charge in [-0.2, -0.15) is 10.5 Å². The monoisotopic (exact) mass is 610 g/mol. The Morgan fingerprint density at radius 1 is 0.396 bits per heavy atom. The topological polar surface area (TPSA) is 57.4 Å². The summed E-state index contributed by atoms with van der Waals surface area (Å²) in [5.41, 5.74) is 11.3. The molecule has 9 aromatic rings. The van der Waals surface area contributed by atoms with Crippen LogP contribution in [0, 0.1) is 22.7 Å².